The highest BCUT2D eigenvalue weighted by molar-refractivity contribution is 9.10. The lowest BCUT2D eigenvalue weighted by molar-refractivity contribution is -0.113. The molecule has 4 nitrogen and oxygen atoms in total. The van der Waals surface area contributed by atoms with Gasteiger partial charge in [-0.2, -0.15) is 0 Å². The number of benzene rings is 3. The molecule has 1 amide bonds. The molecule has 0 spiro atoms. The minimum absolute atomic E-state index is 0.106. The van der Waals surface area contributed by atoms with Gasteiger partial charge in [0.2, 0.25) is 0 Å². The van der Waals surface area contributed by atoms with Crippen LogP contribution in [-0.2, 0) is 4.79 Å². The summed E-state index contributed by atoms with van der Waals surface area (Å²) in [6.45, 7) is 0. The average molecular weight is 462 g/mol. The average Bonchev–Trinajstić information content (AvgIpc) is 3.10. The number of para-hydroxylation sites is 2. The molecule has 0 saturated heterocycles. The summed E-state index contributed by atoms with van der Waals surface area (Å²) in [5.41, 5.74) is 3.97. The van der Waals surface area contributed by atoms with Gasteiger partial charge in [-0.1, -0.05) is 48.5 Å². The summed E-state index contributed by atoms with van der Waals surface area (Å²) in [6, 6.07) is 23.1. The van der Waals surface area contributed by atoms with Gasteiger partial charge in [0.15, 0.2) is 0 Å². The summed E-state index contributed by atoms with van der Waals surface area (Å²) >= 11 is 3.51. The van der Waals surface area contributed by atoms with E-state index in [9.17, 15) is 4.79 Å². The van der Waals surface area contributed by atoms with Gasteiger partial charge in [0.1, 0.15) is 11.5 Å². The van der Waals surface area contributed by atoms with Gasteiger partial charge < -0.3 is 9.47 Å². The molecule has 30 heavy (non-hydrogen) atoms. The van der Waals surface area contributed by atoms with Gasteiger partial charge in [-0.25, -0.2) is 0 Å². The van der Waals surface area contributed by atoms with Crippen molar-refractivity contribution < 1.29 is 14.3 Å². The number of carbonyl (C=O) groups excluding carboxylic acids is 1. The molecule has 0 atom stereocenters. The zero-order valence-corrected chi connectivity index (χ0v) is 18.2. The first-order valence-electron chi connectivity index (χ1n) is 9.42. The van der Waals surface area contributed by atoms with Gasteiger partial charge in [0.05, 0.1) is 30.1 Å². The molecule has 0 unspecified atom stereocenters. The predicted octanol–water partition coefficient (Wildman–Crippen LogP) is 5.94. The second-order valence-corrected chi connectivity index (χ2v) is 7.56. The highest BCUT2D eigenvalue weighted by Gasteiger charge is 2.32. The molecule has 1 heterocycles. The van der Waals surface area contributed by atoms with Crippen molar-refractivity contribution in [2.24, 2.45) is 0 Å². The maximum Gasteiger partial charge on any atom is 0.263 e. The summed E-state index contributed by atoms with van der Waals surface area (Å²) < 4.78 is 11.7. The molecule has 0 bridgehead atoms. The Kier molecular flexibility index (Phi) is 5.72. The zero-order valence-electron chi connectivity index (χ0n) is 16.6. The lowest BCUT2D eigenvalue weighted by atomic mass is 10.1. The maximum atomic E-state index is 13.5. The molecule has 0 N–H and O–H groups in total. The molecule has 0 fully saturated rings. The van der Waals surface area contributed by atoms with Crippen molar-refractivity contribution in [3.05, 3.63) is 100 Å². The molecule has 0 aliphatic carbocycles. The van der Waals surface area contributed by atoms with E-state index in [-0.39, 0.29) is 5.91 Å². The van der Waals surface area contributed by atoms with Crippen molar-refractivity contribution in [3.63, 3.8) is 0 Å². The lowest BCUT2D eigenvalue weighted by Gasteiger charge is -2.22. The van der Waals surface area contributed by atoms with Crippen molar-refractivity contribution in [1.29, 1.82) is 0 Å². The van der Waals surface area contributed by atoms with Crippen LogP contribution in [0.3, 0.4) is 0 Å². The topological polar surface area (TPSA) is 38.8 Å². The van der Waals surface area contributed by atoms with E-state index in [1.165, 1.54) is 0 Å². The van der Waals surface area contributed by atoms with Crippen LogP contribution in [0.2, 0.25) is 0 Å². The number of ether oxygens (including phenoxy) is 2. The Morgan fingerprint density at radius 2 is 1.57 bits per heavy atom. The fraction of sp³-hybridized carbons (Fsp3) is 0.0800. The second-order valence-electron chi connectivity index (χ2n) is 6.70. The quantitative estimate of drug-likeness (QED) is 0.441. The summed E-state index contributed by atoms with van der Waals surface area (Å²) in [5.74, 6) is 1.28. The summed E-state index contributed by atoms with van der Waals surface area (Å²) in [5, 5.41) is 0. The predicted molar refractivity (Wildman–Crippen MR) is 124 cm³/mol. The number of methoxy groups -OCH3 is 2. The fourth-order valence-electron chi connectivity index (χ4n) is 3.44. The van der Waals surface area contributed by atoms with E-state index in [1.807, 2.05) is 84.9 Å². The van der Waals surface area contributed by atoms with Gasteiger partial charge in [0, 0.05) is 5.57 Å². The standard InChI is InChI=1S/C25H20BrNO3/c1-29-23-13-12-17(15-20(23)26)14-19-16-22(18-8-4-3-5-9-18)27(25(19)28)21-10-6-7-11-24(21)30-2/h3-16H,1-2H3/b19-14+. The van der Waals surface area contributed by atoms with Gasteiger partial charge >= 0.3 is 0 Å². The van der Waals surface area contributed by atoms with Gasteiger partial charge in [-0.05, 0) is 63.5 Å². The van der Waals surface area contributed by atoms with Crippen molar-refractivity contribution >= 4 is 39.3 Å². The number of anilines is 1. The fourth-order valence-corrected chi connectivity index (χ4v) is 4.00. The highest BCUT2D eigenvalue weighted by Crippen LogP contribution is 2.39. The summed E-state index contributed by atoms with van der Waals surface area (Å²) in [6.07, 6.45) is 3.80. The molecule has 1 aliphatic rings. The lowest BCUT2D eigenvalue weighted by Crippen LogP contribution is -2.25. The van der Waals surface area contributed by atoms with E-state index in [1.54, 1.807) is 19.1 Å². The van der Waals surface area contributed by atoms with Gasteiger partial charge in [0.25, 0.3) is 5.91 Å². The Morgan fingerprint density at radius 1 is 0.867 bits per heavy atom. The maximum absolute atomic E-state index is 13.5. The first-order chi connectivity index (χ1) is 14.6. The number of carbonyl (C=O) groups is 1. The molecule has 150 valence electrons. The van der Waals surface area contributed by atoms with Crippen molar-refractivity contribution in [3.8, 4) is 11.5 Å². The number of halogens is 1. The molecule has 1 aliphatic heterocycles. The third-order valence-electron chi connectivity index (χ3n) is 4.88. The van der Waals surface area contributed by atoms with E-state index >= 15 is 0 Å². The van der Waals surface area contributed by atoms with Crippen LogP contribution < -0.4 is 14.4 Å². The van der Waals surface area contributed by atoms with Gasteiger partial charge in [-0.15, -0.1) is 0 Å². The van der Waals surface area contributed by atoms with Crippen LogP contribution in [0.25, 0.3) is 11.8 Å². The van der Waals surface area contributed by atoms with E-state index in [4.69, 9.17) is 9.47 Å². The monoisotopic (exact) mass is 461 g/mol. The molecule has 4 rings (SSSR count). The smallest absolute Gasteiger partial charge is 0.263 e. The molecule has 0 aromatic heterocycles. The van der Waals surface area contributed by atoms with Gasteiger partial charge in [-0.3, -0.25) is 9.69 Å². The minimum Gasteiger partial charge on any atom is -0.496 e. The SMILES string of the molecule is COc1ccc(/C=C2\C=C(c3ccccc3)N(c3ccccc3OC)C2=O)cc1Br. The van der Waals surface area contributed by atoms with Crippen LogP contribution in [0.5, 0.6) is 11.5 Å². The normalized spacial score (nSPS) is 14.8. The molecule has 0 saturated carbocycles. The Hall–Kier alpha value is -3.31. The third kappa shape index (κ3) is 3.76. The number of hydrogen-bond acceptors (Lipinski definition) is 3. The Morgan fingerprint density at radius 3 is 2.27 bits per heavy atom. The third-order valence-corrected chi connectivity index (χ3v) is 5.50. The van der Waals surface area contributed by atoms with E-state index in [0.717, 1.165) is 27.0 Å². The van der Waals surface area contributed by atoms with E-state index in [2.05, 4.69) is 15.9 Å². The van der Waals surface area contributed by atoms with Crippen LogP contribution >= 0.6 is 15.9 Å². The zero-order chi connectivity index (χ0) is 21.1. The van der Waals surface area contributed by atoms with Crippen LogP contribution in [0.1, 0.15) is 11.1 Å². The number of rotatable bonds is 5. The summed E-state index contributed by atoms with van der Waals surface area (Å²) in [7, 11) is 3.23. The molecular weight excluding hydrogens is 442 g/mol. The second kappa shape index (κ2) is 8.59. The van der Waals surface area contributed by atoms with E-state index in [0.29, 0.717) is 17.0 Å². The molecule has 3 aromatic rings. The molecular formula is C25H20BrNO3. The van der Waals surface area contributed by atoms with E-state index < -0.39 is 0 Å². The largest absolute Gasteiger partial charge is 0.496 e. The van der Waals surface area contributed by atoms with Crippen LogP contribution in [0.4, 0.5) is 5.69 Å². The number of nitrogens with zero attached hydrogens (tertiary/aromatic N) is 1. The minimum atomic E-state index is -0.106. The van der Waals surface area contributed by atoms with Crippen molar-refractivity contribution in [1.82, 2.24) is 0 Å². The Labute approximate surface area is 184 Å². The number of hydrogen-bond donors (Lipinski definition) is 0. The highest BCUT2D eigenvalue weighted by atomic mass is 79.9. The molecule has 3 aromatic carbocycles. The first kappa shape index (κ1) is 20.0. The van der Waals surface area contributed by atoms with Crippen molar-refractivity contribution in [2.45, 2.75) is 0 Å². The van der Waals surface area contributed by atoms with Crippen LogP contribution in [-0.4, -0.2) is 20.1 Å². The first-order valence-corrected chi connectivity index (χ1v) is 10.2. The summed E-state index contributed by atoms with van der Waals surface area (Å²) in [4.78, 5) is 15.2. The Bertz CT molecular complexity index is 1150. The molecule has 0 radical (unpaired) electrons. The van der Waals surface area contributed by atoms with Crippen molar-refractivity contribution in [2.75, 3.05) is 19.1 Å². The van der Waals surface area contributed by atoms with Crippen LogP contribution in [0.15, 0.2) is 88.9 Å². The molecule has 5 heteroatoms. The number of amides is 1. The van der Waals surface area contributed by atoms with Crippen LogP contribution in [0, 0.1) is 0 Å². The Balaban J connectivity index is 1.83.